The molecule has 1 saturated heterocycles. The van der Waals surface area contributed by atoms with Gasteiger partial charge in [-0.15, -0.1) is 0 Å². The van der Waals surface area contributed by atoms with Gasteiger partial charge in [0.1, 0.15) is 12.1 Å². The molecule has 3 aromatic carbocycles. The maximum Gasteiger partial charge on any atom is 0.150 e. The van der Waals surface area contributed by atoms with Gasteiger partial charge in [0, 0.05) is 48.8 Å². The molecule has 180 valence electrons. The lowest BCUT2D eigenvalue weighted by atomic mass is 10.1. The molecule has 0 aliphatic carbocycles. The molecule has 1 unspecified atom stereocenters. The highest BCUT2D eigenvalue weighted by Crippen LogP contribution is 2.37. The van der Waals surface area contributed by atoms with Gasteiger partial charge in [-0.3, -0.25) is 0 Å². The fourth-order valence-corrected chi connectivity index (χ4v) is 5.29. The summed E-state index contributed by atoms with van der Waals surface area (Å²) >= 11 is 0. The summed E-state index contributed by atoms with van der Waals surface area (Å²) in [5.74, 6) is 1.01. The number of benzene rings is 3. The molecule has 3 heterocycles. The molecular formula is C31H31N5. The lowest BCUT2D eigenvalue weighted by Gasteiger charge is -2.42. The van der Waals surface area contributed by atoms with Crippen molar-refractivity contribution in [3.05, 3.63) is 103 Å². The molecule has 0 N–H and O–H groups in total. The first kappa shape index (κ1) is 22.4. The molecule has 0 amide bonds. The van der Waals surface area contributed by atoms with Crippen LogP contribution in [0.25, 0.3) is 27.8 Å². The number of rotatable bonds is 4. The average Bonchev–Trinajstić information content (AvgIpc) is 3.30. The largest absolute Gasteiger partial charge is 0.365 e. The number of hydrogen-bond acceptors (Lipinski definition) is 4. The molecule has 0 saturated carbocycles. The first-order valence-electron chi connectivity index (χ1n) is 12.7. The number of aromatic nitrogens is 3. The van der Waals surface area contributed by atoms with Crippen molar-refractivity contribution in [2.75, 3.05) is 29.4 Å². The van der Waals surface area contributed by atoms with Gasteiger partial charge in [0.05, 0.1) is 5.39 Å². The van der Waals surface area contributed by atoms with Gasteiger partial charge in [0.15, 0.2) is 5.65 Å². The van der Waals surface area contributed by atoms with Crippen molar-refractivity contribution < 1.29 is 0 Å². The van der Waals surface area contributed by atoms with Gasteiger partial charge in [-0.05, 0) is 50.6 Å². The molecule has 5 nitrogen and oxygen atoms in total. The Morgan fingerprint density at radius 2 is 1.42 bits per heavy atom. The minimum absolute atomic E-state index is 0.367. The third kappa shape index (κ3) is 4.01. The molecule has 1 atom stereocenters. The van der Waals surface area contributed by atoms with Gasteiger partial charge in [-0.1, -0.05) is 65.7 Å². The number of nitrogens with zero attached hydrogens (tertiary/aromatic N) is 5. The Balaban J connectivity index is 1.43. The van der Waals surface area contributed by atoms with E-state index in [9.17, 15) is 0 Å². The zero-order valence-electron chi connectivity index (χ0n) is 21.1. The Morgan fingerprint density at radius 3 is 2.08 bits per heavy atom. The van der Waals surface area contributed by atoms with Crippen molar-refractivity contribution in [2.45, 2.75) is 26.8 Å². The monoisotopic (exact) mass is 473 g/mol. The Morgan fingerprint density at radius 1 is 0.750 bits per heavy atom. The molecule has 5 aromatic rings. The summed E-state index contributed by atoms with van der Waals surface area (Å²) < 4.78 is 2.20. The normalized spacial score (nSPS) is 16.0. The lowest BCUT2D eigenvalue weighted by Crippen LogP contribution is -2.52. The number of piperazine rings is 1. The first-order chi connectivity index (χ1) is 17.6. The highest BCUT2D eigenvalue weighted by Gasteiger charge is 2.28. The highest BCUT2D eigenvalue weighted by atomic mass is 15.3. The Hall–Kier alpha value is -4.12. The summed E-state index contributed by atoms with van der Waals surface area (Å²) in [6, 6.07) is 28.4. The SMILES string of the molecule is Cc1ccc(N2CCN(c3ncnc4c3c(-c3ccccc3)cn4-c3ccc(C)cc3)CC2C)cc1. The fourth-order valence-electron chi connectivity index (χ4n) is 5.29. The Kier molecular flexibility index (Phi) is 5.68. The van der Waals surface area contributed by atoms with Gasteiger partial charge in [0.25, 0.3) is 0 Å². The Bertz CT molecular complexity index is 1490. The average molecular weight is 474 g/mol. The molecule has 0 radical (unpaired) electrons. The van der Waals surface area contributed by atoms with E-state index < -0.39 is 0 Å². The lowest BCUT2D eigenvalue weighted by molar-refractivity contribution is 0.548. The fraction of sp³-hybridized carbons (Fsp3) is 0.226. The van der Waals surface area contributed by atoms with Gasteiger partial charge in [-0.2, -0.15) is 0 Å². The standard InChI is InChI=1S/C31H31N5/c1-22-9-13-26(14-10-22)35-18-17-34(19-24(35)3)30-29-28(25-7-5-4-6-8-25)20-36(31(29)33-21-32-30)27-15-11-23(2)12-16-27/h4-16,20-21,24H,17-19H2,1-3H3. The van der Waals surface area contributed by atoms with Crippen LogP contribution < -0.4 is 9.80 Å². The molecule has 0 bridgehead atoms. The van der Waals surface area contributed by atoms with E-state index in [4.69, 9.17) is 9.97 Å². The minimum atomic E-state index is 0.367. The smallest absolute Gasteiger partial charge is 0.150 e. The number of anilines is 2. The van der Waals surface area contributed by atoms with Gasteiger partial charge in [-0.25, -0.2) is 9.97 Å². The molecule has 6 rings (SSSR count). The zero-order chi connectivity index (χ0) is 24.6. The second-order valence-corrected chi connectivity index (χ2v) is 9.83. The number of fused-ring (bicyclic) bond motifs is 1. The van der Waals surface area contributed by atoms with E-state index in [0.717, 1.165) is 47.7 Å². The van der Waals surface area contributed by atoms with Gasteiger partial charge in [0.2, 0.25) is 0 Å². The van der Waals surface area contributed by atoms with Crippen LogP contribution in [-0.2, 0) is 0 Å². The maximum absolute atomic E-state index is 4.86. The summed E-state index contributed by atoms with van der Waals surface area (Å²) in [7, 11) is 0. The molecule has 1 aliphatic rings. The zero-order valence-corrected chi connectivity index (χ0v) is 21.1. The van der Waals surface area contributed by atoms with Crippen LogP contribution in [0.2, 0.25) is 0 Å². The van der Waals surface area contributed by atoms with Crippen LogP contribution in [-0.4, -0.2) is 40.2 Å². The van der Waals surface area contributed by atoms with Crippen LogP contribution in [0.3, 0.4) is 0 Å². The van der Waals surface area contributed by atoms with Crippen molar-refractivity contribution in [1.29, 1.82) is 0 Å². The van der Waals surface area contributed by atoms with Crippen molar-refractivity contribution in [3.63, 3.8) is 0 Å². The molecule has 1 fully saturated rings. The van der Waals surface area contributed by atoms with Gasteiger partial charge < -0.3 is 14.4 Å². The van der Waals surface area contributed by atoms with E-state index in [1.54, 1.807) is 6.33 Å². The van der Waals surface area contributed by atoms with Crippen LogP contribution in [0.4, 0.5) is 11.5 Å². The van der Waals surface area contributed by atoms with E-state index in [-0.39, 0.29) is 0 Å². The van der Waals surface area contributed by atoms with Crippen molar-refractivity contribution in [3.8, 4) is 16.8 Å². The quantitative estimate of drug-likeness (QED) is 0.302. The van der Waals surface area contributed by atoms with Crippen LogP contribution in [0, 0.1) is 13.8 Å². The van der Waals surface area contributed by atoms with E-state index in [0.29, 0.717) is 6.04 Å². The van der Waals surface area contributed by atoms with E-state index in [1.807, 2.05) is 0 Å². The van der Waals surface area contributed by atoms with Crippen LogP contribution in [0.5, 0.6) is 0 Å². The topological polar surface area (TPSA) is 37.2 Å². The van der Waals surface area contributed by atoms with Crippen molar-refractivity contribution in [2.24, 2.45) is 0 Å². The van der Waals surface area contributed by atoms with Crippen LogP contribution in [0.15, 0.2) is 91.4 Å². The molecule has 0 spiro atoms. The summed E-state index contributed by atoms with van der Waals surface area (Å²) in [6.07, 6.45) is 3.93. The third-order valence-corrected chi connectivity index (χ3v) is 7.25. The van der Waals surface area contributed by atoms with Crippen LogP contribution in [0.1, 0.15) is 18.1 Å². The number of hydrogen-bond donors (Lipinski definition) is 0. The maximum atomic E-state index is 4.86. The molecule has 1 aliphatic heterocycles. The number of aryl methyl sites for hydroxylation is 2. The van der Waals surface area contributed by atoms with Crippen molar-refractivity contribution in [1.82, 2.24) is 14.5 Å². The molecule has 36 heavy (non-hydrogen) atoms. The third-order valence-electron chi connectivity index (χ3n) is 7.25. The summed E-state index contributed by atoms with van der Waals surface area (Å²) in [4.78, 5) is 14.6. The predicted molar refractivity (Wildman–Crippen MR) is 149 cm³/mol. The summed E-state index contributed by atoms with van der Waals surface area (Å²) in [5.41, 5.74) is 8.21. The second-order valence-electron chi connectivity index (χ2n) is 9.83. The second kappa shape index (κ2) is 9.15. The van der Waals surface area contributed by atoms with Crippen molar-refractivity contribution >= 4 is 22.5 Å². The van der Waals surface area contributed by atoms with Crippen LogP contribution >= 0.6 is 0 Å². The summed E-state index contributed by atoms with van der Waals surface area (Å²) in [5, 5.41) is 1.11. The molecule has 2 aromatic heterocycles. The van der Waals surface area contributed by atoms with E-state index >= 15 is 0 Å². The van der Waals surface area contributed by atoms with E-state index in [1.165, 1.54) is 22.4 Å². The Labute approximate surface area is 212 Å². The molecular weight excluding hydrogens is 442 g/mol. The molecule has 5 heteroatoms. The van der Waals surface area contributed by atoms with E-state index in [2.05, 4.69) is 120 Å². The van der Waals surface area contributed by atoms with Gasteiger partial charge >= 0.3 is 0 Å². The summed E-state index contributed by atoms with van der Waals surface area (Å²) in [6.45, 7) is 9.33. The highest BCUT2D eigenvalue weighted by molar-refractivity contribution is 6.02. The predicted octanol–water partition coefficient (Wildman–Crippen LogP) is 6.42. The minimum Gasteiger partial charge on any atom is -0.365 e. The first-order valence-corrected chi connectivity index (χ1v) is 12.7.